The minimum Gasteiger partial charge on any atom is -0.506 e. The van der Waals surface area contributed by atoms with Gasteiger partial charge in [-0.3, -0.25) is 0 Å². The van der Waals surface area contributed by atoms with Gasteiger partial charge in [-0.2, -0.15) is 18.4 Å². The third-order valence-electron chi connectivity index (χ3n) is 1.53. The average Bonchev–Trinajstić information content (AvgIpc) is 2.02. The smallest absolute Gasteiger partial charge is 0.421 e. The van der Waals surface area contributed by atoms with Gasteiger partial charge in [0.1, 0.15) is 17.4 Å². The number of nitriles is 1. The Hall–Kier alpha value is -1.22. The van der Waals surface area contributed by atoms with Gasteiger partial charge in [0.25, 0.3) is 0 Å². The van der Waals surface area contributed by atoms with E-state index in [0.29, 0.717) is 0 Å². The number of nitrogens with zero attached hydrogens (tertiary/aromatic N) is 1. The maximum atomic E-state index is 12.3. The molecule has 0 aromatic heterocycles. The summed E-state index contributed by atoms with van der Waals surface area (Å²) in [5, 5.41) is 17.5. The highest BCUT2D eigenvalue weighted by molar-refractivity contribution is 9.10. The molecule has 0 saturated heterocycles. The van der Waals surface area contributed by atoms with Gasteiger partial charge >= 0.3 is 6.18 Å². The van der Waals surface area contributed by atoms with Crippen molar-refractivity contribution in [1.29, 1.82) is 5.26 Å². The Bertz CT molecular complexity index is 408. The molecule has 0 unspecified atom stereocenters. The second-order valence-corrected chi connectivity index (χ2v) is 3.28. The van der Waals surface area contributed by atoms with E-state index < -0.39 is 23.1 Å². The number of hydrogen-bond donors (Lipinski definition) is 1. The van der Waals surface area contributed by atoms with Crippen molar-refractivity contribution >= 4 is 15.9 Å². The molecule has 0 atom stereocenters. The summed E-state index contributed by atoms with van der Waals surface area (Å²) in [5.41, 5.74) is -1.63. The zero-order valence-electron chi connectivity index (χ0n) is 6.56. The summed E-state index contributed by atoms with van der Waals surface area (Å²) in [6, 6.07) is 3.64. The van der Waals surface area contributed by atoms with Gasteiger partial charge in [-0.1, -0.05) is 15.9 Å². The zero-order chi connectivity index (χ0) is 10.9. The maximum Gasteiger partial charge on any atom is 0.421 e. The molecule has 74 valence electrons. The van der Waals surface area contributed by atoms with Crippen molar-refractivity contribution in [2.24, 2.45) is 0 Å². The summed E-state index contributed by atoms with van der Waals surface area (Å²) in [4.78, 5) is 0. The maximum absolute atomic E-state index is 12.3. The number of phenols is 1. The number of alkyl halides is 3. The van der Waals surface area contributed by atoms with Crippen LogP contribution >= 0.6 is 15.9 Å². The largest absolute Gasteiger partial charge is 0.506 e. The molecule has 0 fully saturated rings. The molecular weight excluding hydrogens is 263 g/mol. The molecule has 1 N–H and O–H groups in total. The fourth-order valence-electron chi connectivity index (χ4n) is 0.926. The second-order valence-electron chi connectivity index (χ2n) is 2.43. The van der Waals surface area contributed by atoms with Gasteiger partial charge in [-0.15, -0.1) is 0 Å². The van der Waals surface area contributed by atoms with Crippen LogP contribution in [0.4, 0.5) is 13.2 Å². The highest BCUT2D eigenvalue weighted by atomic mass is 79.9. The van der Waals surface area contributed by atoms with Gasteiger partial charge in [0.2, 0.25) is 0 Å². The van der Waals surface area contributed by atoms with E-state index in [2.05, 4.69) is 15.9 Å². The Morgan fingerprint density at radius 1 is 1.36 bits per heavy atom. The second kappa shape index (κ2) is 3.50. The molecule has 0 bridgehead atoms. The first kappa shape index (κ1) is 10.9. The van der Waals surface area contributed by atoms with Crippen LogP contribution in [-0.4, -0.2) is 5.11 Å². The summed E-state index contributed by atoms with van der Waals surface area (Å²) < 4.78 is 36.7. The SMILES string of the molecule is N#Cc1ccc(Br)c(C(F)(F)F)c1O. The molecule has 0 amide bonds. The number of hydrogen-bond acceptors (Lipinski definition) is 2. The summed E-state index contributed by atoms with van der Waals surface area (Å²) in [6.45, 7) is 0. The lowest BCUT2D eigenvalue weighted by molar-refractivity contribution is -0.139. The van der Waals surface area contributed by atoms with E-state index in [1.54, 1.807) is 0 Å². The first-order chi connectivity index (χ1) is 6.38. The number of rotatable bonds is 0. The van der Waals surface area contributed by atoms with E-state index in [1.807, 2.05) is 0 Å². The molecule has 0 heterocycles. The van der Waals surface area contributed by atoms with E-state index >= 15 is 0 Å². The predicted molar refractivity (Wildman–Crippen MR) is 45.5 cm³/mol. The van der Waals surface area contributed by atoms with Crippen LogP contribution in [0.2, 0.25) is 0 Å². The summed E-state index contributed by atoms with van der Waals surface area (Å²) >= 11 is 2.66. The quantitative estimate of drug-likeness (QED) is 0.784. The van der Waals surface area contributed by atoms with E-state index in [0.717, 1.165) is 12.1 Å². The van der Waals surface area contributed by atoms with Gasteiger partial charge in [0, 0.05) is 4.47 Å². The van der Waals surface area contributed by atoms with Crippen LogP contribution in [0.3, 0.4) is 0 Å². The molecule has 1 rings (SSSR count). The van der Waals surface area contributed by atoms with Crippen LogP contribution in [0.5, 0.6) is 5.75 Å². The van der Waals surface area contributed by atoms with Crippen molar-refractivity contribution in [3.05, 3.63) is 27.7 Å². The fourth-order valence-corrected chi connectivity index (χ4v) is 1.47. The Balaban J connectivity index is 3.50. The normalized spacial score (nSPS) is 11.1. The van der Waals surface area contributed by atoms with Crippen molar-refractivity contribution in [3.8, 4) is 11.8 Å². The number of phenolic OH excluding ortho intramolecular Hbond substituents is 1. The first-order valence-corrected chi connectivity index (χ1v) is 4.16. The lowest BCUT2D eigenvalue weighted by atomic mass is 10.1. The predicted octanol–water partition coefficient (Wildman–Crippen LogP) is 3.05. The van der Waals surface area contributed by atoms with Gasteiger partial charge in [0.05, 0.1) is 5.56 Å². The minimum absolute atomic E-state index is 0.290. The summed E-state index contributed by atoms with van der Waals surface area (Å²) in [6.07, 6.45) is -4.68. The van der Waals surface area contributed by atoms with E-state index in [1.165, 1.54) is 6.07 Å². The number of halogens is 4. The molecule has 0 aliphatic carbocycles. The van der Waals surface area contributed by atoms with Gasteiger partial charge in [-0.25, -0.2) is 0 Å². The number of benzene rings is 1. The summed E-state index contributed by atoms with van der Waals surface area (Å²) in [5.74, 6) is -1.05. The fraction of sp³-hybridized carbons (Fsp3) is 0.125. The van der Waals surface area contributed by atoms with Crippen molar-refractivity contribution in [2.75, 3.05) is 0 Å². The van der Waals surface area contributed by atoms with Crippen LogP contribution in [0.1, 0.15) is 11.1 Å². The van der Waals surface area contributed by atoms with Crippen molar-refractivity contribution < 1.29 is 18.3 Å². The highest BCUT2D eigenvalue weighted by Gasteiger charge is 2.37. The third-order valence-corrected chi connectivity index (χ3v) is 2.19. The van der Waals surface area contributed by atoms with Crippen LogP contribution in [0.25, 0.3) is 0 Å². The topological polar surface area (TPSA) is 44.0 Å². The van der Waals surface area contributed by atoms with Crippen LogP contribution in [0.15, 0.2) is 16.6 Å². The van der Waals surface area contributed by atoms with Crippen LogP contribution in [-0.2, 0) is 6.18 Å². The highest BCUT2D eigenvalue weighted by Crippen LogP contribution is 2.41. The van der Waals surface area contributed by atoms with Crippen molar-refractivity contribution in [1.82, 2.24) is 0 Å². The summed E-state index contributed by atoms with van der Waals surface area (Å²) in [7, 11) is 0. The lowest BCUT2D eigenvalue weighted by Gasteiger charge is -2.11. The van der Waals surface area contributed by atoms with Gasteiger partial charge in [-0.05, 0) is 12.1 Å². The molecule has 0 spiro atoms. The monoisotopic (exact) mass is 265 g/mol. The molecule has 6 heteroatoms. The lowest BCUT2D eigenvalue weighted by Crippen LogP contribution is -2.07. The minimum atomic E-state index is -4.68. The zero-order valence-corrected chi connectivity index (χ0v) is 8.15. The Labute approximate surface area is 85.7 Å². The Kier molecular flexibility index (Phi) is 2.71. The van der Waals surface area contributed by atoms with E-state index in [9.17, 15) is 13.2 Å². The molecule has 1 aromatic rings. The van der Waals surface area contributed by atoms with Crippen LogP contribution < -0.4 is 0 Å². The molecular formula is C8H3BrF3NO. The molecule has 14 heavy (non-hydrogen) atoms. The third kappa shape index (κ3) is 1.82. The van der Waals surface area contributed by atoms with Crippen molar-refractivity contribution in [2.45, 2.75) is 6.18 Å². The van der Waals surface area contributed by atoms with E-state index in [4.69, 9.17) is 10.4 Å². The molecule has 0 aliphatic heterocycles. The first-order valence-electron chi connectivity index (χ1n) is 3.36. The molecule has 0 aliphatic rings. The van der Waals surface area contributed by atoms with Crippen LogP contribution in [0, 0.1) is 11.3 Å². The van der Waals surface area contributed by atoms with Gasteiger partial charge in [0.15, 0.2) is 0 Å². The number of aromatic hydroxyl groups is 1. The molecule has 2 nitrogen and oxygen atoms in total. The standard InChI is InChI=1S/C8H3BrF3NO/c9-5-2-1-4(3-13)7(14)6(5)8(10,11)12/h1-2,14H. The van der Waals surface area contributed by atoms with Crippen molar-refractivity contribution in [3.63, 3.8) is 0 Å². The molecule has 1 aromatic carbocycles. The molecule has 0 saturated carbocycles. The average molecular weight is 266 g/mol. The Morgan fingerprint density at radius 2 is 1.93 bits per heavy atom. The Morgan fingerprint density at radius 3 is 2.36 bits per heavy atom. The van der Waals surface area contributed by atoms with Gasteiger partial charge < -0.3 is 5.11 Å². The molecule has 0 radical (unpaired) electrons. The van der Waals surface area contributed by atoms with E-state index in [-0.39, 0.29) is 4.47 Å².